The molecule has 0 bridgehead atoms. The van der Waals surface area contributed by atoms with Gasteiger partial charge in [-0.25, -0.2) is 0 Å². The number of fused-ring (bicyclic) bond motifs is 3. The van der Waals surface area contributed by atoms with E-state index in [1.54, 1.807) is 21.3 Å². The Kier molecular flexibility index (Phi) is 4.32. The maximum absolute atomic E-state index is 12.4. The summed E-state index contributed by atoms with van der Waals surface area (Å²) in [4.78, 5) is 16.8. The van der Waals surface area contributed by atoms with E-state index in [1.165, 1.54) is 0 Å². The van der Waals surface area contributed by atoms with Crippen molar-refractivity contribution >= 4 is 22.6 Å². The summed E-state index contributed by atoms with van der Waals surface area (Å²) >= 11 is 0. The van der Waals surface area contributed by atoms with Crippen molar-refractivity contribution < 1.29 is 14.2 Å². The van der Waals surface area contributed by atoms with Crippen LogP contribution in [-0.4, -0.2) is 30.9 Å². The largest absolute Gasteiger partial charge is 0.493 e. The highest BCUT2D eigenvalue weighted by atomic mass is 16.5. The second kappa shape index (κ2) is 6.79. The molecule has 138 valence electrons. The molecule has 1 aliphatic rings. The monoisotopic (exact) mass is 364 g/mol. The molecule has 3 aromatic rings. The lowest BCUT2D eigenvalue weighted by Crippen LogP contribution is -2.14. The molecule has 0 amide bonds. The molecule has 0 saturated heterocycles. The molecule has 2 heterocycles. The predicted octanol–water partition coefficient (Wildman–Crippen LogP) is 3.37. The number of aromatic nitrogens is 2. The van der Waals surface area contributed by atoms with E-state index in [9.17, 15) is 4.79 Å². The highest BCUT2D eigenvalue weighted by molar-refractivity contribution is 5.87. The number of allylic oxidation sites excluding steroid dienone is 1. The van der Waals surface area contributed by atoms with E-state index < -0.39 is 0 Å². The maximum atomic E-state index is 12.4. The topological polar surface area (TPSA) is 62.6 Å². The van der Waals surface area contributed by atoms with Gasteiger partial charge in [-0.3, -0.25) is 4.79 Å². The Bertz CT molecular complexity index is 1120. The molecule has 2 aromatic carbocycles. The number of methoxy groups -OCH3 is 3. The van der Waals surface area contributed by atoms with Crippen molar-refractivity contribution in [3.8, 4) is 17.2 Å². The molecule has 6 heteroatoms. The van der Waals surface area contributed by atoms with Gasteiger partial charge in [0.2, 0.25) is 5.75 Å². The highest BCUT2D eigenvalue weighted by Gasteiger charge is 2.22. The van der Waals surface area contributed by atoms with E-state index in [0.29, 0.717) is 28.5 Å². The van der Waals surface area contributed by atoms with E-state index in [-0.39, 0.29) is 5.56 Å². The first-order chi connectivity index (χ1) is 13.2. The minimum atomic E-state index is -0.205. The quantitative estimate of drug-likeness (QED) is 0.710. The first-order valence-electron chi connectivity index (χ1n) is 8.67. The number of para-hydroxylation sites is 1. The number of benzene rings is 2. The molecule has 0 fully saturated rings. The summed E-state index contributed by atoms with van der Waals surface area (Å²) in [5.74, 6) is 2.43. The third-order valence-electron chi connectivity index (χ3n) is 4.84. The molecule has 4 rings (SSSR count). The molecule has 0 atom stereocenters. The van der Waals surface area contributed by atoms with Crippen LogP contribution < -0.4 is 19.8 Å². The van der Waals surface area contributed by atoms with Crippen LogP contribution in [0.4, 0.5) is 0 Å². The summed E-state index contributed by atoms with van der Waals surface area (Å²) < 4.78 is 18.5. The molecule has 1 aliphatic heterocycles. The normalized spacial score (nSPS) is 14.4. The lowest BCUT2D eigenvalue weighted by atomic mass is 10.1. The molecule has 27 heavy (non-hydrogen) atoms. The van der Waals surface area contributed by atoms with Crippen molar-refractivity contribution in [2.75, 3.05) is 21.3 Å². The minimum absolute atomic E-state index is 0.205. The highest BCUT2D eigenvalue weighted by Crippen LogP contribution is 2.41. The molecule has 0 spiro atoms. The molecule has 1 aromatic heterocycles. The standard InChI is InChI=1S/C21H20N2O4/c1-25-17-9-8-13(18(26-2)19(17)27-3)12-14-10-11-23-16-7-5-4-6-15(16)21(24)22-20(14)23/h4-9,12H,10-11H2,1-3H3/b14-12+. The van der Waals surface area contributed by atoms with Crippen molar-refractivity contribution in [2.45, 2.75) is 13.0 Å². The Balaban J connectivity index is 1.89. The first kappa shape index (κ1) is 17.1. The number of aryl methyl sites for hydroxylation is 1. The molecule has 0 radical (unpaired) electrons. The zero-order valence-electron chi connectivity index (χ0n) is 15.5. The third-order valence-corrected chi connectivity index (χ3v) is 4.84. The van der Waals surface area contributed by atoms with Crippen LogP contribution in [0, 0.1) is 0 Å². The van der Waals surface area contributed by atoms with Gasteiger partial charge in [-0.05, 0) is 42.3 Å². The van der Waals surface area contributed by atoms with Gasteiger partial charge in [0.25, 0.3) is 5.56 Å². The summed E-state index contributed by atoms with van der Waals surface area (Å²) in [6.45, 7) is 0.782. The van der Waals surface area contributed by atoms with Gasteiger partial charge in [-0.1, -0.05) is 12.1 Å². The van der Waals surface area contributed by atoms with Crippen LogP contribution in [0.2, 0.25) is 0 Å². The number of hydrogen-bond donors (Lipinski definition) is 0. The number of nitrogens with zero attached hydrogens (tertiary/aromatic N) is 2. The van der Waals surface area contributed by atoms with Crippen molar-refractivity contribution in [3.05, 3.63) is 58.1 Å². The zero-order chi connectivity index (χ0) is 19.0. The lowest BCUT2D eigenvalue weighted by molar-refractivity contribution is 0.324. The summed E-state index contributed by atoms with van der Waals surface area (Å²) in [6, 6.07) is 11.3. The van der Waals surface area contributed by atoms with Crippen molar-refractivity contribution in [3.63, 3.8) is 0 Å². The van der Waals surface area contributed by atoms with Gasteiger partial charge in [0.1, 0.15) is 5.82 Å². The zero-order valence-corrected chi connectivity index (χ0v) is 15.5. The van der Waals surface area contributed by atoms with E-state index >= 15 is 0 Å². The lowest BCUT2D eigenvalue weighted by Gasteiger charge is -2.14. The molecule has 6 nitrogen and oxygen atoms in total. The molecule has 0 N–H and O–H groups in total. The van der Waals surface area contributed by atoms with Gasteiger partial charge in [-0.15, -0.1) is 0 Å². The first-order valence-corrected chi connectivity index (χ1v) is 8.67. The Labute approximate surface area is 156 Å². The average Bonchev–Trinajstić information content (AvgIpc) is 3.10. The second-order valence-electron chi connectivity index (χ2n) is 6.25. The van der Waals surface area contributed by atoms with E-state index in [2.05, 4.69) is 9.55 Å². The third kappa shape index (κ3) is 2.73. The van der Waals surface area contributed by atoms with Crippen molar-refractivity contribution in [1.82, 2.24) is 9.55 Å². The van der Waals surface area contributed by atoms with Crippen LogP contribution in [0.3, 0.4) is 0 Å². The summed E-state index contributed by atoms with van der Waals surface area (Å²) in [5, 5.41) is 0.645. The fraction of sp³-hybridized carbons (Fsp3) is 0.238. The van der Waals surface area contributed by atoms with Crippen LogP contribution in [0.1, 0.15) is 17.8 Å². The molecular formula is C21H20N2O4. The van der Waals surface area contributed by atoms with Crippen LogP contribution in [0.25, 0.3) is 22.6 Å². The van der Waals surface area contributed by atoms with Crippen LogP contribution in [-0.2, 0) is 6.54 Å². The number of ether oxygens (including phenoxy) is 3. The number of rotatable bonds is 4. The van der Waals surface area contributed by atoms with Crippen LogP contribution >= 0.6 is 0 Å². The van der Waals surface area contributed by atoms with E-state index in [4.69, 9.17) is 14.2 Å². The summed E-state index contributed by atoms with van der Waals surface area (Å²) in [6.07, 6.45) is 2.79. The van der Waals surface area contributed by atoms with Gasteiger partial charge < -0.3 is 18.8 Å². The average molecular weight is 364 g/mol. The van der Waals surface area contributed by atoms with Crippen molar-refractivity contribution in [2.24, 2.45) is 0 Å². The minimum Gasteiger partial charge on any atom is -0.493 e. The predicted molar refractivity (Wildman–Crippen MR) is 105 cm³/mol. The smallest absolute Gasteiger partial charge is 0.281 e. The van der Waals surface area contributed by atoms with Gasteiger partial charge in [0.05, 0.1) is 32.2 Å². The SMILES string of the molecule is COc1ccc(/C=C2\CCn3c2nc(=O)c2ccccc23)c(OC)c1OC. The molecule has 0 aliphatic carbocycles. The van der Waals surface area contributed by atoms with Gasteiger partial charge in [0.15, 0.2) is 11.5 Å². The van der Waals surface area contributed by atoms with Gasteiger partial charge in [0, 0.05) is 12.1 Å². The van der Waals surface area contributed by atoms with E-state index in [0.717, 1.165) is 29.6 Å². The second-order valence-corrected chi connectivity index (χ2v) is 6.25. The molecule has 0 saturated carbocycles. The number of hydrogen-bond acceptors (Lipinski definition) is 5. The maximum Gasteiger partial charge on any atom is 0.281 e. The Morgan fingerprint density at radius 1 is 1.00 bits per heavy atom. The molecule has 0 unspecified atom stereocenters. The molecular weight excluding hydrogens is 344 g/mol. The summed E-state index contributed by atoms with van der Waals surface area (Å²) in [7, 11) is 4.76. The Morgan fingerprint density at radius 3 is 2.52 bits per heavy atom. The summed E-state index contributed by atoms with van der Waals surface area (Å²) in [5.41, 5.74) is 2.54. The fourth-order valence-corrected chi connectivity index (χ4v) is 3.60. The van der Waals surface area contributed by atoms with Crippen molar-refractivity contribution in [1.29, 1.82) is 0 Å². The van der Waals surface area contributed by atoms with Gasteiger partial charge in [-0.2, -0.15) is 4.98 Å². The van der Waals surface area contributed by atoms with Crippen LogP contribution in [0.15, 0.2) is 41.2 Å². The fourth-order valence-electron chi connectivity index (χ4n) is 3.60. The Morgan fingerprint density at radius 2 is 1.78 bits per heavy atom. The van der Waals surface area contributed by atoms with E-state index in [1.807, 2.05) is 42.5 Å². The van der Waals surface area contributed by atoms with Gasteiger partial charge >= 0.3 is 0 Å². The Hall–Kier alpha value is -3.28. The van der Waals surface area contributed by atoms with Crippen LogP contribution in [0.5, 0.6) is 17.2 Å².